The number of rotatable bonds is 2. The van der Waals surface area contributed by atoms with Crippen LogP contribution in [0.3, 0.4) is 0 Å². The van der Waals surface area contributed by atoms with E-state index in [1.165, 1.54) is 11.1 Å². The second kappa shape index (κ2) is 6.44. The lowest BCUT2D eigenvalue weighted by Gasteiger charge is -2.38. The number of anilines is 1. The molecule has 0 saturated heterocycles. The van der Waals surface area contributed by atoms with Crippen molar-refractivity contribution in [3.63, 3.8) is 0 Å². The Morgan fingerprint density at radius 2 is 1.88 bits per heavy atom. The summed E-state index contributed by atoms with van der Waals surface area (Å²) in [5.41, 5.74) is 4.47. The highest BCUT2D eigenvalue weighted by molar-refractivity contribution is 7.80. The molecule has 0 radical (unpaired) electrons. The Bertz CT molecular complexity index is 770. The Balaban J connectivity index is 1.75. The van der Waals surface area contributed by atoms with Crippen molar-refractivity contribution in [2.45, 2.75) is 45.8 Å². The van der Waals surface area contributed by atoms with Crippen molar-refractivity contribution >= 4 is 23.0 Å². The van der Waals surface area contributed by atoms with Crippen LogP contribution in [0, 0.1) is 13.8 Å². The zero-order chi connectivity index (χ0) is 17.3. The van der Waals surface area contributed by atoms with Gasteiger partial charge in [0.1, 0.15) is 11.4 Å². The lowest BCUT2D eigenvalue weighted by molar-refractivity contribution is 0.0697. The van der Waals surface area contributed by atoms with Gasteiger partial charge in [-0.1, -0.05) is 24.3 Å². The summed E-state index contributed by atoms with van der Waals surface area (Å²) in [6.45, 7) is 8.43. The molecule has 2 aromatic carbocycles. The van der Waals surface area contributed by atoms with E-state index in [9.17, 15) is 0 Å². The first-order chi connectivity index (χ1) is 11.3. The third-order valence-corrected chi connectivity index (χ3v) is 4.67. The number of para-hydroxylation sites is 1. The van der Waals surface area contributed by atoms with Crippen LogP contribution in [0.1, 0.15) is 43.0 Å². The summed E-state index contributed by atoms with van der Waals surface area (Å²) in [5, 5.41) is 7.38. The lowest BCUT2D eigenvalue weighted by Crippen LogP contribution is -2.42. The topological polar surface area (TPSA) is 33.3 Å². The molecule has 0 saturated carbocycles. The van der Waals surface area contributed by atoms with Crippen LogP contribution >= 0.6 is 12.2 Å². The first-order valence-electron chi connectivity index (χ1n) is 8.27. The van der Waals surface area contributed by atoms with Gasteiger partial charge in [0, 0.05) is 17.7 Å². The molecule has 0 amide bonds. The van der Waals surface area contributed by atoms with Crippen LogP contribution in [0.25, 0.3) is 0 Å². The molecule has 0 spiro atoms. The molecule has 0 aromatic heterocycles. The lowest BCUT2D eigenvalue weighted by atomic mass is 9.90. The van der Waals surface area contributed by atoms with Crippen molar-refractivity contribution in [3.8, 4) is 5.75 Å². The maximum absolute atomic E-state index is 6.07. The monoisotopic (exact) mass is 340 g/mol. The Labute approximate surface area is 149 Å². The summed E-state index contributed by atoms with van der Waals surface area (Å²) >= 11 is 5.53. The van der Waals surface area contributed by atoms with Gasteiger partial charge >= 0.3 is 0 Å². The molecule has 126 valence electrons. The quantitative estimate of drug-likeness (QED) is 0.763. The number of fused-ring (bicyclic) bond motifs is 1. The Morgan fingerprint density at radius 1 is 1.12 bits per heavy atom. The number of hydrogen-bond donors (Lipinski definition) is 2. The van der Waals surface area contributed by atoms with Crippen molar-refractivity contribution in [2.75, 3.05) is 5.32 Å². The number of thiocarbonyl (C=S) groups is 1. The van der Waals surface area contributed by atoms with Crippen LogP contribution in [-0.4, -0.2) is 10.7 Å². The molecule has 0 bridgehead atoms. The van der Waals surface area contributed by atoms with Gasteiger partial charge in [0.05, 0.1) is 6.04 Å². The predicted molar refractivity (Wildman–Crippen MR) is 104 cm³/mol. The maximum atomic E-state index is 6.07. The third-order valence-electron chi connectivity index (χ3n) is 4.45. The number of aryl methyl sites for hydroxylation is 2. The van der Waals surface area contributed by atoms with Gasteiger partial charge in [0.15, 0.2) is 5.11 Å². The van der Waals surface area contributed by atoms with Gasteiger partial charge in [0.25, 0.3) is 0 Å². The van der Waals surface area contributed by atoms with Gasteiger partial charge in [-0.25, -0.2) is 0 Å². The molecule has 0 aliphatic carbocycles. The number of nitrogens with one attached hydrogen (secondary N) is 2. The number of benzene rings is 2. The normalized spacial score (nSPS) is 18.2. The molecule has 4 heteroatoms. The summed E-state index contributed by atoms with van der Waals surface area (Å²) in [4.78, 5) is 0. The molecule has 1 aliphatic rings. The molecule has 2 aromatic rings. The van der Waals surface area contributed by atoms with Crippen molar-refractivity contribution < 1.29 is 4.74 Å². The highest BCUT2D eigenvalue weighted by Crippen LogP contribution is 2.39. The van der Waals surface area contributed by atoms with E-state index in [0.29, 0.717) is 5.11 Å². The van der Waals surface area contributed by atoms with Gasteiger partial charge < -0.3 is 15.4 Å². The average Bonchev–Trinajstić information content (AvgIpc) is 2.50. The number of ether oxygens (including phenoxy) is 1. The maximum Gasteiger partial charge on any atom is 0.171 e. The minimum Gasteiger partial charge on any atom is -0.487 e. The fraction of sp³-hybridized carbons (Fsp3) is 0.350. The largest absolute Gasteiger partial charge is 0.487 e. The second-order valence-corrected chi connectivity index (χ2v) is 7.46. The van der Waals surface area contributed by atoms with Crippen LogP contribution in [-0.2, 0) is 0 Å². The van der Waals surface area contributed by atoms with E-state index in [0.717, 1.165) is 23.4 Å². The predicted octanol–water partition coefficient (Wildman–Crippen LogP) is 4.89. The first kappa shape index (κ1) is 16.8. The highest BCUT2D eigenvalue weighted by atomic mass is 32.1. The van der Waals surface area contributed by atoms with Crippen LogP contribution in [0.4, 0.5) is 5.69 Å². The summed E-state index contributed by atoms with van der Waals surface area (Å²) < 4.78 is 6.07. The zero-order valence-electron chi connectivity index (χ0n) is 14.6. The van der Waals surface area contributed by atoms with E-state index in [-0.39, 0.29) is 11.6 Å². The summed E-state index contributed by atoms with van der Waals surface area (Å²) in [6, 6.07) is 14.6. The van der Waals surface area contributed by atoms with Crippen LogP contribution in [0.15, 0.2) is 42.5 Å². The molecule has 1 atom stereocenters. The molecule has 1 heterocycles. The highest BCUT2D eigenvalue weighted by Gasteiger charge is 2.33. The minimum absolute atomic E-state index is 0.136. The van der Waals surface area contributed by atoms with Crippen molar-refractivity contribution in [3.05, 3.63) is 59.2 Å². The first-order valence-corrected chi connectivity index (χ1v) is 8.68. The molecular formula is C20H24N2OS. The van der Waals surface area contributed by atoms with Gasteiger partial charge in [0.2, 0.25) is 0 Å². The fourth-order valence-electron chi connectivity index (χ4n) is 3.08. The molecule has 2 N–H and O–H groups in total. The minimum atomic E-state index is -0.220. The Kier molecular flexibility index (Phi) is 4.50. The van der Waals surface area contributed by atoms with Crippen molar-refractivity contribution in [1.29, 1.82) is 0 Å². The summed E-state index contributed by atoms with van der Waals surface area (Å²) in [7, 11) is 0. The van der Waals surface area contributed by atoms with Crippen LogP contribution in [0.2, 0.25) is 0 Å². The van der Waals surface area contributed by atoms with Gasteiger partial charge in [-0.05, 0) is 69.2 Å². The Morgan fingerprint density at radius 3 is 2.62 bits per heavy atom. The third kappa shape index (κ3) is 3.70. The van der Waals surface area contributed by atoms with Crippen LogP contribution < -0.4 is 15.4 Å². The molecule has 0 fully saturated rings. The molecule has 1 aliphatic heterocycles. The van der Waals surface area contributed by atoms with Crippen molar-refractivity contribution in [1.82, 2.24) is 5.32 Å². The van der Waals surface area contributed by atoms with Gasteiger partial charge in [-0.2, -0.15) is 0 Å². The van der Waals surface area contributed by atoms with E-state index in [1.54, 1.807) is 0 Å². The SMILES string of the molecule is Cc1ccc(NC(=S)N[C@@H]2CC(C)(C)Oc3ccccc32)cc1C. The van der Waals surface area contributed by atoms with E-state index in [1.807, 2.05) is 18.2 Å². The smallest absolute Gasteiger partial charge is 0.171 e. The zero-order valence-corrected chi connectivity index (χ0v) is 15.5. The molecule has 3 rings (SSSR count). The average molecular weight is 340 g/mol. The second-order valence-electron chi connectivity index (χ2n) is 7.05. The molecule has 24 heavy (non-hydrogen) atoms. The van der Waals surface area contributed by atoms with E-state index >= 15 is 0 Å². The summed E-state index contributed by atoms with van der Waals surface area (Å²) in [6.07, 6.45) is 0.860. The van der Waals surface area contributed by atoms with E-state index < -0.39 is 0 Å². The van der Waals surface area contributed by atoms with Crippen LogP contribution in [0.5, 0.6) is 5.75 Å². The van der Waals surface area contributed by atoms with Gasteiger partial charge in [-0.3, -0.25) is 0 Å². The fourth-order valence-corrected chi connectivity index (χ4v) is 3.34. The van der Waals surface area contributed by atoms with E-state index in [4.69, 9.17) is 17.0 Å². The van der Waals surface area contributed by atoms with E-state index in [2.05, 4.69) is 62.6 Å². The van der Waals surface area contributed by atoms with Gasteiger partial charge in [-0.15, -0.1) is 0 Å². The standard InChI is InChI=1S/C20H24N2OS/c1-13-9-10-15(11-14(13)2)21-19(24)22-17-12-20(3,4)23-18-8-6-5-7-16(17)18/h5-11,17H,12H2,1-4H3,(H2,21,22,24)/t17-/m1/s1. The molecule has 3 nitrogen and oxygen atoms in total. The Hall–Kier alpha value is -2.07. The molecule has 0 unspecified atom stereocenters. The number of hydrogen-bond acceptors (Lipinski definition) is 2. The summed E-state index contributed by atoms with van der Waals surface area (Å²) in [5.74, 6) is 0.931. The molecular weight excluding hydrogens is 316 g/mol. The van der Waals surface area contributed by atoms with Crippen molar-refractivity contribution in [2.24, 2.45) is 0 Å².